The van der Waals surface area contributed by atoms with E-state index >= 15 is 0 Å². The molecule has 1 fully saturated rings. The summed E-state index contributed by atoms with van der Waals surface area (Å²) in [4.78, 5) is 2.58. The average Bonchev–Trinajstić information content (AvgIpc) is 2.74. The number of nitrogens with zero attached hydrogens (tertiary/aromatic N) is 1. The lowest BCUT2D eigenvalue weighted by Gasteiger charge is -2.38. The molecule has 3 heteroatoms. The molecule has 0 spiro atoms. The number of ether oxygens (including phenoxy) is 2. The fourth-order valence-corrected chi connectivity index (χ4v) is 4.26. The normalized spacial score (nSPS) is 19.9. The molecule has 0 radical (unpaired) electrons. The number of hydrogen-bond acceptors (Lipinski definition) is 3. The Morgan fingerprint density at radius 1 is 1.14 bits per heavy atom. The highest BCUT2D eigenvalue weighted by molar-refractivity contribution is 5.43. The van der Waals surface area contributed by atoms with Crippen LogP contribution < -0.4 is 9.47 Å². The van der Waals surface area contributed by atoms with Crippen LogP contribution in [0.15, 0.2) is 61.2 Å². The number of likely N-dealkylation sites (tertiary alicyclic amines) is 1. The van der Waals surface area contributed by atoms with E-state index in [1.165, 1.54) is 30.5 Å². The largest absolute Gasteiger partial charge is 0.493 e. The molecule has 1 heterocycles. The molecule has 28 heavy (non-hydrogen) atoms. The highest BCUT2D eigenvalue weighted by atomic mass is 16.5. The Kier molecular flexibility index (Phi) is 7.55. The summed E-state index contributed by atoms with van der Waals surface area (Å²) < 4.78 is 11.9. The minimum absolute atomic E-state index is 0.472. The second-order valence-corrected chi connectivity index (χ2v) is 7.66. The van der Waals surface area contributed by atoms with Gasteiger partial charge >= 0.3 is 0 Å². The average molecular weight is 380 g/mol. The molecule has 0 bridgehead atoms. The molecule has 2 aromatic rings. The third-order valence-electron chi connectivity index (χ3n) is 5.65. The molecule has 0 aliphatic carbocycles. The van der Waals surface area contributed by atoms with E-state index < -0.39 is 0 Å². The van der Waals surface area contributed by atoms with Gasteiger partial charge in [-0.05, 0) is 61.5 Å². The third kappa shape index (κ3) is 5.17. The number of rotatable bonds is 9. The van der Waals surface area contributed by atoms with Gasteiger partial charge in [-0.2, -0.15) is 0 Å². The van der Waals surface area contributed by atoms with Gasteiger partial charge in [-0.1, -0.05) is 49.4 Å². The van der Waals surface area contributed by atoms with Crippen LogP contribution in [0.3, 0.4) is 0 Å². The predicted molar refractivity (Wildman–Crippen MR) is 116 cm³/mol. The molecule has 2 aromatic carbocycles. The zero-order valence-electron chi connectivity index (χ0n) is 17.3. The summed E-state index contributed by atoms with van der Waals surface area (Å²) in [6.07, 6.45) is 5.13. The quantitative estimate of drug-likeness (QED) is 0.551. The maximum absolute atomic E-state index is 6.30. The summed E-state index contributed by atoms with van der Waals surface area (Å²) in [7, 11) is 1.70. The van der Waals surface area contributed by atoms with Gasteiger partial charge in [0.2, 0.25) is 0 Å². The molecule has 3 nitrogen and oxygen atoms in total. The van der Waals surface area contributed by atoms with Crippen LogP contribution in [-0.4, -0.2) is 38.3 Å². The van der Waals surface area contributed by atoms with Gasteiger partial charge in [-0.15, -0.1) is 6.58 Å². The summed E-state index contributed by atoms with van der Waals surface area (Å²) in [5.41, 5.74) is 2.62. The number of benzene rings is 2. The third-order valence-corrected chi connectivity index (χ3v) is 5.65. The molecule has 0 amide bonds. The van der Waals surface area contributed by atoms with Crippen molar-refractivity contribution in [3.63, 3.8) is 0 Å². The van der Waals surface area contributed by atoms with Gasteiger partial charge in [0.25, 0.3) is 0 Å². The van der Waals surface area contributed by atoms with Crippen molar-refractivity contribution in [3.05, 3.63) is 72.3 Å². The number of allylic oxidation sites excluding steroid dienone is 1. The first-order chi connectivity index (χ1) is 13.7. The maximum atomic E-state index is 6.30. The van der Waals surface area contributed by atoms with Crippen molar-refractivity contribution in [2.75, 3.05) is 33.4 Å². The van der Waals surface area contributed by atoms with Gasteiger partial charge < -0.3 is 14.4 Å². The SMILES string of the molecule is C=CCc1ccc(OC[C@H]2CN(CCC)CC[C@@H]2c2ccccc2)c(OC)c1. The summed E-state index contributed by atoms with van der Waals surface area (Å²) in [5, 5.41) is 0. The number of methoxy groups -OCH3 is 1. The first-order valence-corrected chi connectivity index (χ1v) is 10.4. The van der Waals surface area contributed by atoms with Gasteiger partial charge in [-0.3, -0.25) is 0 Å². The van der Waals surface area contributed by atoms with Crippen LogP contribution in [0.2, 0.25) is 0 Å². The molecule has 1 aliphatic heterocycles. The molecule has 0 N–H and O–H groups in total. The summed E-state index contributed by atoms with van der Waals surface area (Å²) in [5.74, 6) is 2.65. The van der Waals surface area contributed by atoms with Crippen LogP contribution in [0.25, 0.3) is 0 Å². The Labute approximate surface area is 170 Å². The zero-order chi connectivity index (χ0) is 19.8. The van der Waals surface area contributed by atoms with E-state index in [2.05, 4.69) is 60.9 Å². The van der Waals surface area contributed by atoms with Gasteiger partial charge in [0, 0.05) is 12.5 Å². The number of piperidine rings is 1. The molecule has 1 aliphatic rings. The van der Waals surface area contributed by atoms with E-state index in [1.807, 2.05) is 12.1 Å². The monoisotopic (exact) mass is 379 g/mol. The van der Waals surface area contributed by atoms with Gasteiger partial charge in [0.15, 0.2) is 11.5 Å². The van der Waals surface area contributed by atoms with Crippen molar-refractivity contribution < 1.29 is 9.47 Å². The summed E-state index contributed by atoms with van der Waals surface area (Å²) >= 11 is 0. The van der Waals surface area contributed by atoms with E-state index in [4.69, 9.17) is 9.47 Å². The van der Waals surface area contributed by atoms with E-state index in [0.29, 0.717) is 18.4 Å². The van der Waals surface area contributed by atoms with Crippen LogP contribution >= 0.6 is 0 Å². The van der Waals surface area contributed by atoms with E-state index in [1.54, 1.807) is 7.11 Å². The Bertz CT molecular complexity index is 743. The van der Waals surface area contributed by atoms with Crippen molar-refractivity contribution in [1.29, 1.82) is 0 Å². The van der Waals surface area contributed by atoms with E-state index in [0.717, 1.165) is 31.0 Å². The highest BCUT2D eigenvalue weighted by Crippen LogP contribution is 2.35. The van der Waals surface area contributed by atoms with Crippen molar-refractivity contribution in [3.8, 4) is 11.5 Å². The lowest BCUT2D eigenvalue weighted by molar-refractivity contribution is 0.110. The Balaban J connectivity index is 1.73. The lowest BCUT2D eigenvalue weighted by Crippen LogP contribution is -2.42. The molecule has 1 saturated heterocycles. The predicted octanol–water partition coefficient (Wildman–Crippen LogP) is 5.32. The Morgan fingerprint density at radius 3 is 2.68 bits per heavy atom. The van der Waals surface area contributed by atoms with E-state index in [-0.39, 0.29) is 0 Å². The maximum Gasteiger partial charge on any atom is 0.161 e. The first kappa shape index (κ1) is 20.5. The standard InChI is InChI=1S/C25H33NO2/c1-4-9-20-12-13-24(25(17-20)27-3)28-19-22-18-26(15-5-2)16-14-23(22)21-10-7-6-8-11-21/h4,6-8,10-13,17,22-23H,1,5,9,14-16,18-19H2,2-3H3/t22-,23-/m1/s1. The van der Waals surface area contributed by atoms with Crippen molar-refractivity contribution in [2.45, 2.75) is 32.1 Å². The smallest absolute Gasteiger partial charge is 0.161 e. The van der Waals surface area contributed by atoms with Crippen LogP contribution in [0.5, 0.6) is 11.5 Å². The molecule has 2 atom stereocenters. The first-order valence-electron chi connectivity index (χ1n) is 10.4. The fraction of sp³-hybridized carbons (Fsp3) is 0.440. The van der Waals surface area contributed by atoms with Crippen LogP contribution in [0.4, 0.5) is 0 Å². The molecule has 0 saturated carbocycles. The second kappa shape index (κ2) is 10.3. The second-order valence-electron chi connectivity index (χ2n) is 7.66. The molecular formula is C25H33NO2. The number of hydrogen-bond donors (Lipinski definition) is 0. The summed E-state index contributed by atoms with van der Waals surface area (Å²) in [6.45, 7) is 10.2. The highest BCUT2D eigenvalue weighted by Gasteiger charge is 2.30. The van der Waals surface area contributed by atoms with Crippen LogP contribution in [0.1, 0.15) is 36.8 Å². The molecular weight excluding hydrogens is 346 g/mol. The minimum Gasteiger partial charge on any atom is -0.493 e. The molecule has 150 valence electrons. The van der Waals surface area contributed by atoms with E-state index in [9.17, 15) is 0 Å². The molecule has 3 rings (SSSR count). The van der Waals surface area contributed by atoms with Gasteiger partial charge in [0.1, 0.15) is 0 Å². The van der Waals surface area contributed by atoms with Crippen molar-refractivity contribution in [1.82, 2.24) is 4.90 Å². The van der Waals surface area contributed by atoms with Crippen LogP contribution in [0, 0.1) is 5.92 Å². The van der Waals surface area contributed by atoms with Gasteiger partial charge in [0.05, 0.1) is 13.7 Å². The molecule has 0 unspecified atom stereocenters. The topological polar surface area (TPSA) is 21.7 Å². The van der Waals surface area contributed by atoms with Gasteiger partial charge in [-0.25, -0.2) is 0 Å². The lowest BCUT2D eigenvalue weighted by atomic mass is 9.81. The summed E-state index contributed by atoms with van der Waals surface area (Å²) in [6, 6.07) is 17.1. The van der Waals surface area contributed by atoms with Crippen molar-refractivity contribution in [2.24, 2.45) is 5.92 Å². The minimum atomic E-state index is 0.472. The van der Waals surface area contributed by atoms with Crippen molar-refractivity contribution >= 4 is 0 Å². The Hall–Kier alpha value is -2.26. The zero-order valence-corrected chi connectivity index (χ0v) is 17.3. The molecule has 0 aromatic heterocycles. The van der Waals surface area contributed by atoms with Crippen LogP contribution in [-0.2, 0) is 6.42 Å². The Morgan fingerprint density at radius 2 is 1.96 bits per heavy atom. The fourth-order valence-electron chi connectivity index (χ4n) is 4.26.